The van der Waals surface area contributed by atoms with E-state index in [0.717, 1.165) is 0 Å². The Kier molecular flexibility index (Phi) is 2.05. The second-order valence-corrected chi connectivity index (χ2v) is 3.70. The molecule has 0 amide bonds. The highest BCUT2D eigenvalue weighted by Crippen LogP contribution is 2.39. The first-order chi connectivity index (χ1) is 7.45. The number of carboxylic acid groups (broad SMARTS) is 1. The quantitative estimate of drug-likeness (QED) is 0.553. The van der Waals surface area contributed by atoms with Crippen LogP contribution in [0.5, 0.6) is 11.5 Å². The number of carbonyl (C=O) groups is 1. The molecule has 2 rings (SSSR count). The monoisotopic (exact) mass is 221 g/mol. The minimum atomic E-state index is -1.15. The molecule has 1 heterocycles. The van der Waals surface area contributed by atoms with Crippen molar-refractivity contribution in [3.63, 3.8) is 0 Å². The van der Waals surface area contributed by atoms with E-state index in [1.54, 1.807) is 13.8 Å². The normalized spacial score (nSPS) is 10.9. The number of hydrogen-bond donors (Lipinski definition) is 4. The fourth-order valence-electron chi connectivity index (χ4n) is 1.75. The van der Waals surface area contributed by atoms with Gasteiger partial charge in [-0.05, 0) is 25.0 Å². The molecule has 0 bridgehead atoms. The number of aromatic nitrogens is 1. The number of rotatable bonds is 1. The maximum Gasteiger partial charge on any atom is 0.338 e. The van der Waals surface area contributed by atoms with Crippen molar-refractivity contribution in [2.24, 2.45) is 0 Å². The van der Waals surface area contributed by atoms with Crippen molar-refractivity contribution in [2.45, 2.75) is 13.8 Å². The topological polar surface area (TPSA) is 93.5 Å². The number of hydrogen-bond acceptors (Lipinski definition) is 3. The van der Waals surface area contributed by atoms with Gasteiger partial charge in [0, 0.05) is 6.20 Å². The molecule has 0 spiro atoms. The lowest BCUT2D eigenvalue weighted by Gasteiger charge is -2.08. The molecule has 5 nitrogen and oxygen atoms in total. The first-order valence-electron chi connectivity index (χ1n) is 4.70. The third-order valence-corrected chi connectivity index (χ3v) is 2.86. The molecule has 0 aliphatic heterocycles. The Hall–Kier alpha value is -2.17. The van der Waals surface area contributed by atoms with E-state index in [1.165, 1.54) is 6.20 Å². The van der Waals surface area contributed by atoms with Crippen molar-refractivity contribution in [3.8, 4) is 11.5 Å². The zero-order valence-corrected chi connectivity index (χ0v) is 8.83. The van der Waals surface area contributed by atoms with E-state index in [9.17, 15) is 15.0 Å². The van der Waals surface area contributed by atoms with Gasteiger partial charge in [-0.2, -0.15) is 0 Å². The third kappa shape index (κ3) is 1.14. The summed E-state index contributed by atoms with van der Waals surface area (Å²) < 4.78 is 0. The summed E-state index contributed by atoms with van der Waals surface area (Å²) in [6.45, 7) is 3.29. The van der Waals surface area contributed by atoms with Gasteiger partial charge in [-0.25, -0.2) is 4.79 Å². The van der Waals surface area contributed by atoms with Gasteiger partial charge in [0.2, 0.25) is 0 Å². The van der Waals surface area contributed by atoms with Gasteiger partial charge in [-0.15, -0.1) is 0 Å². The lowest BCUT2D eigenvalue weighted by Crippen LogP contribution is -1.95. The van der Waals surface area contributed by atoms with Crippen molar-refractivity contribution in [1.82, 2.24) is 4.98 Å². The summed E-state index contributed by atoms with van der Waals surface area (Å²) in [4.78, 5) is 13.6. The van der Waals surface area contributed by atoms with Crippen LogP contribution in [-0.4, -0.2) is 26.3 Å². The first-order valence-corrected chi connectivity index (χ1v) is 4.70. The number of aromatic carboxylic acids is 1. The van der Waals surface area contributed by atoms with Gasteiger partial charge < -0.3 is 20.3 Å². The maximum absolute atomic E-state index is 10.9. The molecular formula is C11H11NO4. The smallest absolute Gasteiger partial charge is 0.338 e. The first kappa shape index (κ1) is 10.4. The van der Waals surface area contributed by atoms with E-state index in [2.05, 4.69) is 4.98 Å². The molecule has 0 radical (unpaired) electrons. The number of carboxylic acids is 1. The summed E-state index contributed by atoms with van der Waals surface area (Å²) in [6, 6.07) is 0. The maximum atomic E-state index is 10.9. The van der Waals surface area contributed by atoms with Crippen LogP contribution in [0.2, 0.25) is 0 Å². The molecule has 0 aliphatic rings. The number of phenolic OH excluding ortho intramolecular Hbond substituents is 2. The van der Waals surface area contributed by atoms with Crippen molar-refractivity contribution in [1.29, 1.82) is 0 Å². The van der Waals surface area contributed by atoms with Crippen LogP contribution in [0.4, 0.5) is 0 Å². The predicted molar refractivity (Wildman–Crippen MR) is 58.1 cm³/mol. The lowest BCUT2D eigenvalue weighted by atomic mass is 10.0. The third-order valence-electron chi connectivity index (χ3n) is 2.86. The van der Waals surface area contributed by atoms with E-state index in [-0.39, 0.29) is 28.0 Å². The van der Waals surface area contributed by atoms with Crippen LogP contribution in [0.3, 0.4) is 0 Å². The van der Waals surface area contributed by atoms with E-state index in [4.69, 9.17) is 5.11 Å². The zero-order chi connectivity index (χ0) is 12.0. The van der Waals surface area contributed by atoms with Gasteiger partial charge in [0.25, 0.3) is 0 Å². The van der Waals surface area contributed by atoms with E-state index in [1.807, 2.05) is 0 Å². The fourth-order valence-corrected chi connectivity index (χ4v) is 1.75. The summed E-state index contributed by atoms with van der Waals surface area (Å²) in [5, 5.41) is 28.8. The SMILES string of the molecule is Cc1c(C)c(O)c2c(C(=O)O)c[nH]c2c1O. The summed E-state index contributed by atoms with van der Waals surface area (Å²) in [5.74, 6) is -1.29. The number of H-pyrrole nitrogens is 1. The number of fused-ring (bicyclic) bond motifs is 1. The number of aromatic hydroxyl groups is 2. The Morgan fingerprint density at radius 1 is 1.19 bits per heavy atom. The largest absolute Gasteiger partial charge is 0.507 e. The molecule has 16 heavy (non-hydrogen) atoms. The summed E-state index contributed by atoms with van der Waals surface area (Å²) >= 11 is 0. The van der Waals surface area contributed by atoms with Crippen LogP contribution < -0.4 is 0 Å². The van der Waals surface area contributed by atoms with Gasteiger partial charge in [0.15, 0.2) is 0 Å². The average Bonchev–Trinajstić information content (AvgIpc) is 2.67. The molecule has 0 fully saturated rings. The van der Waals surface area contributed by atoms with Crippen LogP contribution in [-0.2, 0) is 0 Å². The number of aromatic amines is 1. The van der Waals surface area contributed by atoms with Gasteiger partial charge in [0.1, 0.15) is 11.5 Å². The number of phenols is 2. The van der Waals surface area contributed by atoms with Crippen molar-refractivity contribution < 1.29 is 20.1 Å². The Bertz CT molecular complexity index is 598. The van der Waals surface area contributed by atoms with Crippen molar-refractivity contribution >= 4 is 16.9 Å². The standard InChI is InChI=1S/C11H11NO4/c1-4-5(2)10(14)8-7(9(4)13)6(3-12-8)11(15)16/h3,12-14H,1-2H3,(H,15,16). The molecule has 84 valence electrons. The second kappa shape index (κ2) is 3.16. The summed E-state index contributed by atoms with van der Waals surface area (Å²) in [6.07, 6.45) is 1.26. The Morgan fingerprint density at radius 3 is 2.31 bits per heavy atom. The molecule has 4 N–H and O–H groups in total. The van der Waals surface area contributed by atoms with Crippen LogP contribution in [0.1, 0.15) is 21.5 Å². The van der Waals surface area contributed by atoms with Crippen molar-refractivity contribution in [2.75, 3.05) is 0 Å². The highest BCUT2D eigenvalue weighted by Gasteiger charge is 2.20. The second-order valence-electron chi connectivity index (χ2n) is 3.70. The highest BCUT2D eigenvalue weighted by atomic mass is 16.4. The van der Waals surface area contributed by atoms with Gasteiger partial charge in [-0.3, -0.25) is 0 Å². The molecule has 1 aromatic carbocycles. The molecule has 5 heteroatoms. The van der Waals surface area contributed by atoms with E-state index >= 15 is 0 Å². The van der Waals surface area contributed by atoms with E-state index < -0.39 is 5.97 Å². The van der Waals surface area contributed by atoms with Gasteiger partial charge >= 0.3 is 5.97 Å². The van der Waals surface area contributed by atoms with Crippen LogP contribution in [0, 0.1) is 13.8 Å². The number of nitrogens with one attached hydrogen (secondary N) is 1. The predicted octanol–water partition coefficient (Wildman–Crippen LogP) is 1.89. The minimum Gasteiger partial charge on any atom is -0.507 e. The Balaban J connectivity index is 3.00. The highest BCUT2D eigenvalue weighted by molar-refractivity contribution is 6.08. The number of benzene rings is 1. The molecule has 1 aromatic heterocycles. The summed E-state index contributed by atoms with van der Waals surface area (Å²) in [5.41, 5.74) is 1.21. The molecule has 0 saturated heterocycles. The Morgan fingerprint density at radius 2 is 1.75 bits per heavy atom. The Labute approximate surface area is 91.0 Å². The van der Waals surface area contributed by atoms with Crippen LogP contribution in [0.25, 0.3) is 10.9 Å². The van der Waals surface area contributed by atoms with Crippen molar-refractivity contribution in [3.05, 3.63) is 22.9 Å². The molecular weight excluding hydrogens is 210 g/mol. The zero-order valence-electron chi connectivity index (χ0n) is 8.83. The molecule has 0 aliphatic carbocycles. The minimum absolute atomic E-state index is 0.0298. The van der Waals surface area contributed by atoms with E-state index in [0.29, 0.717) is 11.1 Å². The van der Waals surface area contributed by atoms with Gasteiger partial charge in [-0.1, -0.05) is 0 Å². The molecule has 0 atom stereocenters. The van der Waals surface area contributed by atoms with Gasteiger partial charge in [0.05, 0.1) is 16.5 Å². The molecule has 0 unspecified atom stereocenters. The summed E-state index contributed by atoms with van der Waals surface area (Å²) in [7, 11) is 0. The lowest BCUT2D eigenvalue weighted by molar-refractivity contribution is 0.0699. The molecule has 0 saturated carbocycles. The fraction of sp³-hybridized carbons (Fsp3) is 0.182. The van der Waals surface area contributed by atoms with Crippen LogP contribution >= 0.6 is 0 Å². The van der Waals surface area contributed by atoms with Crippen LogP contribution in [0.15, 0.2) is 6.20 Å². The average molecular weight is 221 g/mol. The molecule has 2 aromatic rings.